The van der Waals surface area contributed by atoms with E-state index in [1.807, 2.05) is 43.9 Å². The van der Waals surface area contributed by atoms with Crippen LogP contribution in [0.25, 0.3) is 10.7 Å². The third kappa shape index (κ3) is 4.24. The minimum absolute atomic E-state index is 0.0587. The number of aromatic nitrogens is 3. The van der Waals surface area contributed by atoms with E-state index in [2.05, 4.69) is 20.5 Å². The maximum Gasteiger partial charge on any atom is 0.229 e. The van der Waals surface area contributed by atoms with Gasteiger partial charge < -0.3 is 10.2 Å². The number of anilines is 1. The number of carbonyl (C=O) groups is 2. The summed E-state index contributed by atoms with van der Waals surface area (Å²) in [6.45, 7) is 6.99. The van der Waals surface area contributed by atoms with E-state index < -0.39 is 0 Å². The molecule has 26 heavy (non-hydrogen) atoms. The van der Waals surface area contributed by atoms with Crippen molar-refractivity contribution in [1.82, 2.24) is 20.1 Å². The minimum Gasteiger partial charge on any atom is -0.342 e. The van der Waals surface area contributed by atoms with Crippen LogP contribution in [-0.2, 0) is 9.59 Å². The van der Waals surface area contributed by atoms with E-state index in [-0.39, 0.29) is 23.1 Å². The molecule has 0 spiro atoms. The Kier molecular flexibility index (Phi) is 5.31. The first-order valence-corrected chi connectivity index (χ1v) is 9.51. The molecular formula is C18H23N5O2S. The SMILES string of the molecule is CC(C)(C)C(=O)N1CCC(C(=O)Nc2nnc(-c3ccccn3)s2)CC1. The zero-order valence-corrected chi connectivity index (χ0v) is 16.0. The average molecular weight is 373 g/mol. The fourth-order valence-corrected chi connectivity index (χ4v) is 3.62. The Bertz CT molecular complexity index is 776. The Morgan fingerprint density at radius 1 is 1.19 bits per heavy atom. The van der Waals surface area contributed by atoms with Crippen LogP contribution in [0.1, 0.15) is 33.6 Å². The number of hydrogen-bond donors (Lipinski definition) is 1. The molecule has 1 N–H and O–H groups in total. The average Bonchev–Trinajstić information content (AvgIpc) is 3.09. The first-order valence-electron chi connectivity index (χ1n) is 8.70. The second-order valence-corrected chi connectivity index (χ2v) is 8.41. The molecule has 0 radical (unpaired) electrons. The van der Waals surface area contributed by atoms with Gasteiger partial charge in [-0.15, -0.1) is 10.2 Å². The lowest BCUT2D eigenvalue weighted by atomic mass is 9.91. The number of likely N-dealkylation sites (tertiary alicyclic amines) is 1. The van der Waals surface area contributed by atoms with Gasteiger partial charge in [0.05, 0.1) is 0 Å². The van der Waals surface area contributed by atoms with Gasteiger partial charge in [-0.05, 0) is 25.0 Å². The second-order valence-electron chi connectivity index (χ2n) is 7.43. The smallest absolute Gasteiger partial charge is 0.229 e. The fourth-order valence-electron chi connectivity index (χ4n) is 2.89. The van der Waals surface area contributed by atoms with Crippen LogP contribution in [0.5, 0.6) is 0 Å². The maximum absolute atomic E-state index is 12.5. The van der Waals surface area contributed by atoms with Crippen LogP contribution in [0.3, 0.4) is 0 Å². The van der Waals surface area contributed by atoms with E-state index in [0.29, 0.717) is 36.1 Å². The number of nitrogens with zero attached hydrogens (tertiary/aromatic N) is 4. The molecule has 2 aromatic rings. The van der Waals surface area contributed by atoms with Crippen LogP contribution >= 0.6 is 11.3 Å². The van der Waals surface area contributed by atoms with E-state index >= 15 is 0 Å². The largest absolute Gasteiger partial charge is 0.342 e. The van der Waals surface area contributed by atoms with Crippen molar-refractivity contribution in [1.29, 1.82) is 0 Å². The van der Waals surface area contributed by atoms with Crippen molar-refractivity contribution in [2.75, 3.05) is 18.4 Å². The number of nitrogens with one attached hydrogen (secondary N) is 1. The molecule has 0 aromatic carbocycles. The highest BCUT2D eigenvalue weighted by molar-refractivity contribution is 7.18. The third-order valence-electron chi connectivity index (χ3n) is 4.33. The lowest BCUT2D eigenvalue weighted by Gasteiger charge is -2.35. The lowest BCUT2D eigenvalue weighted by Crippen LogP contribution is -2.45. The number of hydrogen-bond acceptors (Lipinski definition) is 6. The first-order chi connectivity index (χ1) is 12.3. The standard InChI is InChI=1S/C18H23N5O2S/c1-18(2,3)16(25)23-10-7-12(8-11-23)14(24)20-17-22-21-15(26-17)13-6-4-5-9-19-13/h4-6,9,12H,7-8,10-11H2,1-3H3,(H,20,22,24). The topological polar surface area (TPSA) is 88.1 Å². The summed E-state index contributed by atoms with van der Waals surface area (Å²) in [4.78, 5) is 30.9. The van der Waals surface area contributed by atoms with Crippen molar-refractivity contribution < 1.29 is 9.59 Å². The van der Waals surface area contributed by atoms with Gasteiger partial charge >= 0.3 is 0 Å². The number of rotatable bonds is 3. The quantitative estimate of drug-likeness (QED) is 0.894. The first kappa shape index (κ1) is 18.4. The Morgan fingerprint density at radius 3 is 2.54 bits per heavy atom. The Morgan fingerprint density at radius 2 is 1.92 bits per heavy atom. The van der Waals surface area contributed by atoms with Gasteiger partial charge in [0.2, 0.25) is 16.9 Å². The number of piperidine rings is 1. The van der Waals surface area contributed by atoms with Crippen molar-refractivity contribution in [2.45, 2.75) is 33.6 Å². The van der Waals surface area contributed by atoms with E-state index in [0.717, 1.165) is 5.69 Å². The zero-order chi connectivity index (χ0) is 18.7. The monoisotopic (exact) mass is 373 g/mol. The van der Waals surface area contributed by atoms with Crippen LogP contribution < -0.4 is 5.32 Å². The molecule has 7 nitrogen and oxygen atoms in total. The van der Waals surface area contributed by atoms with E-state index in [1.165, 1.54) is 11.3 Å². The number of amides is 2. The third-order valence-corrected chi connectivity index (χ3v) is 5.19. The van der Waals surface area contributed by atoms with Crippen molar-refractivity contribution in [3.05, 3.63) is 24.4 Å². The molecule has 1 saturated heterocycles. The molecule has 0 atom stereocenters. The van der Waals surface area contributed by atoms with Gasteiger partial charge in [0.1, 0.15) is 5.69 Å². The molecule has 0 saturated carbocycles. The van der Waals surface area contributed by atoms with Gasteiger partial charge in [0, 0.05) is 30.6 Å². The Hall–Kier alpha value is -2.35. The molecule has 1 fully saturated rings. The van der Waals surface area contributed by atoms with E-state index in [1.54, 1.807) is 6.20 Å². The molecule has 2 aromatic heterocycles. The minimum atomic E-state index is -0.385. The highest BCUT2D eigenvalue weighted by atomic mass is 32.1. The maximum atomic E-state index is 12.5. The molecule has 3 heterocycles. The van der Waals surface area contributed by atoms with Crippen LogP contribution in [0, 0.1) is 11.3 Å². The molecule has 138 valence electrons. The fraction of sp³-hybridized carbons (Fsp3) is 0.500. The molecule has 3 rings (SSSR count). The van der Waals surface area contributed by atoms with Crippen LogP contribution in [0.2, 0.25) is 0 Å². The van der Waals surface area contributed by atoms with Crippen molar-refractivity contribution >= 4 is 28.3 Å². The van der Waals surface area contributed by atoms with Gasteiger partial charge in [0.25, 0.3) is 0 Å². The predicted molar refractivity (Wildman–Crippen MR) is 101 cm³/mol. The molecule has 0 bridgehead atoms. The summed E-state index contributed by atoms with van der Waals surface area (Å²) in [7, 11) is 0. The van der Waals surface area contributed by atoms with Gasteiger partial charge in [-0.3, -0.25) is 14.6 Å². The van der Waals surface area contributed by atoms with Crippen LogP contribution in [0.4, 0.5) is 5.13 Å². The molecular weight excluding hydrogens is 350 g/mol. The molecule has 0 unspecified atom stereocenters. The summed E-state index contributed by atoms with van der Waals surface area (Å²) in [6, 6.07) is 5.58. The summed E-state index contributed by atoms with van der Waals surface area (Å²) < 4.78 is 0. The van der Waals surface area contributed by atoms with Gasteiger partial charge in [-0.1, -0.05) is 38.2 Å². The van der Waals surface area contributed by atoms with Crippen molar-refractivity contribution in [3.63, 3.8) is 0 Å². The lowest BCUT2D eigenvalue weighted by molar-refractivity contribution is -0.142. The van der Waals surface area contributed by atoms with Crippen LogP contribution in [-0.4, -0.2) is 45.0 Å². The van der Waals surface area contributed by atoms with Crippen molar-refractivity contribution in [2.24, 2.45) is 11.3 Å². The molecule has 8 heteroatoms. The van der Waals surface area contributed by atoms with E-state index in [4.69, 9.17) is 0 Å². The number of pyridine rings is 1. The van der Waals surface area contributed by atoms with Crippen molar-refractivity contribution in [3.8, 4) is 10.7 Å². The molecule has 0 aliphatic carbocycles. The van der Waals surface area contributed by atoms with Gasteiger partial charge in [0.15, 0.2) is 5.01 Å². The molecule has 1 aliphatic heterocycles. The second kappa shape index (κ2) is 7.49. The number of carbonyl (C=O) groups excluding carboxylic acids is 2. The summed E-state index contributed by atoms with van der Waals surface area (Å²) >= 11 is 1.31. The summed E-state index contributed by atoms with van der Waals surface area (Å²) in [6.07, 6.45) is 3.03. The molecule has 1 aliphatic rings. The predicted octanol–water partition coefficient (Wildman–Crippen LogP) is 2.82. The van der Waals surface area contributed by atoms with E-state index in [9.17, 15) is 9.59 Å². The summed E-state index contributed by atoms with van der Waals surface area (Å²) in [5.41, 5.74) is 0.350. The highest BCUT2D eigenvalue weighted by Gasteiger charge is 2.32. The zero-order valence-electron chi connectivity index (χ0n) is 15.2. The Labute approximate surface area is 156 Å². The normalized spacial score (nSPS) is 15.7. The summed E-state index contributed by atoms with van der Waals surface area (Å²) in [5.74, 6) is -0.0294. The Balaban J connectivity index is 1.55. The molecule has 2 amide bonds. The highest BCUT2D eigenvalue weighted by Crippen LogP contribution is 2.27. The van der Waals surface area contributed by atoms with Gasteiger partial charge in [-0.2, -0.15) is 0 Å². The summed E-state index contributed by atoms with van der Waals surface area (Å²) in [5, 5.41) is 12.1. The van der Waals surface area contributed by atoms with Crippen LogP contribution in [0.15, 0.2) is 24.4 Å². The van der Waals surface area contributed by atoms with Gasteiger partial charge in [-0.25, -0.2) is 0 Å².